The van der Waals surface area contributed by atoms with Gasteiger partial charge in [-0.05, 0) is 31.5 Å². The standard InChI is InChI=1S/C24H32N2O4/c1-4-18(2)26(24(28)21-10-6-8-12-23(21)29-3)17-20-16-25(13-14-30-20)15-19-9-5-7-11-22(19)27/h5-12,18,20,27H,4,13-17H2,1-3H3. The summed E-state index contributed by atoms with van der Waals surface area (Å²) < 4.78 is 11.4. The Balaban J connectivity index is 1.71. The molecule has 6 heteroatoms. The van der Waals surface area contributed by atoms with Crippen LogP contribution in [-0.2, 0) is 11.3 Å². The van der Waals surface area contributed by atoms with Gasteiger partial charge in [0, 0.05) is 37.8 Å². The highest BCUT2D eigenvalue weighted by atomic mass is 16.5. The molecular formula is C24H32N2O4. The number of hydrogen-bond donors (Lipinski definition) is 1. The number of phenolic OH excluding ortho intramolecular Hbond substituents is 1. The number of carbonyl (C=O) groups is 1. The summed E-state index contributed by atoms with van der Waals surface area (Å²) in [6, 6.07) is 14.8. The Morgan fingerprint density at radius 1 is 1.27 bits per heavy atom. The lowest BCUT2D eigenvalue weighted by molar-refractivity contribution is -0.0467. The summed E-state index contributed by atoms with van der Waals surface area (Å²) >= 11 is 0. The highest BCUT2D eigenvalue weighted by molar-refractivity contribution is 5.97. The molecule has 1 fully saturated rings. The first kappa shape index (κ1) is 22.1. The van der Waals surface area contributed by atoms with E-state index in [9.17, 15) is 9.90 Å². The summed E-state index contributed by atoms with van der Waals surface area (Å²) in [6.07, 6.45) is 0.770. The number of methoxy groups -OCH3 is 1. The van der Waals surface area contributed by atoms with Crippen molar-refractivity contribution in [3.8, 4) is 11.5 Å². The number of morpholine rings is 1. The van der Waals surface area contributed by atoms with E-state index in [1.54, 1.807) is 13.2 Å². The maximum Gasteiger partial charge on any atom is 0.257 e. The molecule has 1 amide bonds. The summed E-state index contributed by atoms with van der Waals surface area (Å²) in [5.74, 6) is 0.859. The van der Waals surface area contributed by atoms with Crippen LogP contribution in [-0.4, -0.2) is 66.3 Å². The maximum absolute atomic E-state index is 13.4. The van der Waals surface area contributed by atoms with Gasteiger partial charge in [-0.3, -0.25) is 9.69 Å². The lowest BCUT2D eigenvalue weighted by Gasteiger charge is -2.38. The first-order chi connectivity index (χ1) is 14.5. The molecule has 2 aromatic rings. The molecule has 2 unspecified atom stereocenters. The van der Waals surface area contributed by atoms with Crippen molar-refractivity contribution in [1.29, 1.82) is 0 Å². The number of ether oxygens (including phenoxy) is 2. The summed E-state index contributed by atoms with van der Waals surface area (Å²) in [4.78, 5) is 17.5. The third-order valence-electron chi connectivity index (χ3n) is 5.73. The van der Waals surface area contributed by atoms with Crippen molar-refractivity contribution < 1.29 is 19.4 Å². The molecule has 3 rings (SSSR count). The molecule has 0 aromatic heterocycles. The van der Waals surface area contributed by atoms with E-state index in [2.05, 4.69) is 18.7 Å². The van der Waals surface area contributed by atoms with Crippen molar-refractivity contribution in [1.82, 2.24) is 9.80 Å². The lowest BCUT2D eigenvalue weighted by Crippen LogP contribution is -2.50. The Kier molecular flexibility index (Phi) is 7.71. The van der Waals surface area contributed by atoms with E-state index >= 15 is 0 Å². The topological polar surface area (TPSA) is 62.2 Å². The molecule has 1 heterocycles. The molecule has 0 bridgehead atoms. The first-order valence-corrected chi connectivity index (χ1v) is 10.6. The van der Waals surface area contributed by atoms with Gasteiger partial charge < -0.3 is 19.5 Å². The van der Waals surface area contributed by atoms with Gasteiger partial charge in [0.1, 0.15) is 11.5 Å². The SMILES string of the molecule is CCC(C)N(CC1CN(Cc2ccccc2O)CCO1)C(=O)c1ccccc1OC. The van der Waals surface area contributed by atoms with Crippen molar-refractivity contribution in [2.75, 3.05) is 33.4 Å². The monoisotopic (exact) mass is 412 g/mol. The quantitative estimate of drug-likeness (QED) is 0.719. The fourth-order valence-electron chi connectivity index (χ4n) is 3.80. The Bertz CT molecular complexity index is 841. The number of benzene rings is 2. The first-order valence-electron chi connectivity index (χ1n) is 10.6. The number of phenols is 1. The van der Waals surface area contributed by atoms with Gasteiger partial charge in [0.15, 0.2) is 0 Å². The van der Waals surface area contributed by atoms with Crippen LogP contribution in [0.3, 0.4) is 0 Å². The van der Waals surface area contributed by atoms with Crippen LogP contribution < -0.4 is 4.74 Å². The predicted molar refractivity (Wildman–Crippen MR) is 117 cm³/mol. The van der Waals surface area contributed by atoms with Crippen molar-refractivity contribution in [2.24, 2.45) is 0 Å². The third kappa shape index (κ3) is 5.32. The number of amides is 1. The molecule has 1 aliphatic heterocycles. The van der Waals surface area contributed by atoms with Gasteiger partial charge in [-0.2, -0.15) is 0 Å². The molecule has 6 nitrogen and oxygen atoms in total. The smallest absolute Gasteiger partial charge is 0.257 e. The van der Waals surface area contributed by atoms with Crippen LogP contribution in [0.1, 0.15) is 36.2 Å². The van der Waals surface area contributed by atoms with Crippen LogP contribution in [0.2, 0.25) is 0 Å². The van der Waals surface area contributed by atoms with Crippen LogP contribution in [0, 0.1) is 0 Å². The van der Waals surface area contributed by atoms with Crippen LogP contribution in [0.15, 0.2) is 48.5 Å². The van der Waals surface area contributed by atoms with E-state index < -0.39 is 0 Å². The van der Waals surface area contributed by atoms with E-state index in [-0.39, 0.29) is 18.1 Å². The molecule has 0 spiro atoms. The van der Waals surface area contributed by atoms with Gasteiger partial charge >= 0.3 is 0 Å². The molecule has 2 atom stereocenters. The Labute approximate surface area is 179 Å². The zero-order valence-electron chi connectivity index (χ0n) is 18.1. The number of hydrogen-bond acceptors (Lipinski definition) is 5. The average molecular weight is 413 g/mol. The van der Waals surface area contributed by atoms with E-state index in [1.807, 2.05) is 47.4 Å². The molecule has 1 N–H and O–H groups in total. The van der Waals surface area contributed by atoms with Crippen molar-refractivity contribution in [3.05, 3.63) is 59.7 Å². The van der Waals surface area contributed by atoms with Crippen LogP contribution in [0.25, 0.3) is 0 Å². The Morgan fingerprint density at radius 2 is 2.00 bits per heavy atom. The fourth-order valence-corrected chi connectivity index (χ4v) is 3.80. The van der Waals surface area contributed by atoms with Crippen molar-refractivity contribution in [3.63, 3.8) is 0 Å². The van der Waals surface area contributed by atoms with Gasteiger partial charge in [0.05, 0.1) is 25.4 Å². The highest BCUT2D eigenvalue weighted by Gasteiger charge is 2.29. The summed E-state index contributed by atoms with van der Waals surface area (Å²) in [5.41, 5.74) is 1.48. The van der Waals surface area contributed by atoms with Gasteiger partial charge in [0.2, 0.25) is 0 Å². The second-order valence-electron chi connectivity index (χ2n) is 7.77. The minimum absolute atomic E-state index is 0.0387. The lowest BCUT2D eigenvalue weighted by atomic mass is 10.1. The second kappa shape index (κ2) is 10.5. The number of carbonyl (C=O) groups excluding carboxylic acids is 1. The van der Waals surface area contributed by atoms with Crippen molar-refractivity contribution >= 4 is 5.91 Å². The number of rotatable bonds is 8. The number of nitrogens with zero attached hydrogens (tertiary/aromatic N) is 2. The average Bonchev–Trinajstić information content (AvgIpc) is 2.78. The largest absolute Gasteiger partial charge is 0.508 e. The van der Waals surface area contributed by atoms with E-state index in [4.69, 9.17) is 9.47 Å². The van der Waals surface area contributed by atoms with E-state index in [0.29, 0.717) is 43.3 Å². The molecule has 2 aromatic carbocycles. The molecule has 1 saturated heterocycles. The van der Waals surface area contributed by atoms with Gasteiger partial charge in [0.25, 0.3) is 5.91 Å². The molecule has 0 radical (unpaired) electrons. The van der Waals surface area contributed by atoms with Crippen LogP contribution in [0.5, 0.6) is 11.5 Å². The van der Waals surface area contributed by atoms with E-state index in [1.165, 1.54) is 0 Å². The van der Waals surface area contributed by atoms with Crippen molar-refractivity contribution in [2.45, 2.75) is 39.0 Å². The molecular weight excluding hydrogens is 380 g/mol. The summed E-state index contributed by atoms with van der Waals surface area (Å²) in [6.45, 7) is 7.44. The summed E-state index contributed by atoms with van der Waals surface area (Å²) in [5, 5.41) is 10.1. The van der Waals surface area contributed by atoms with E-state index in [0.717, 1.165) is 18.5 Å². The normalized spacial score (nSPS) is 18.0. The second-order valence-corrected chi connectivity index (χ2v) is 7.77. The zero-order valence-corrected chi connectivity index (χ0v) is 18.1. The van der Waals surface area contributed by atoms with Crippen LogP contribution >= 0.6 is 0 Å². The molecule has 30 heavy (non-hydrogen) atoms. The molecule has 162 valence electrons. The minimum Gasteiger partial charge on any atom is -0.508 e. The maximum atomic E-state index is 13.4. The van der Waals surface area contributed by atoms with Gasteiger partial charge in [-0.1, -0.05) is 37.3 Å². The Morgan fingerprint density at radius 3 is 2.73 bits per heavy atom. The molecule has 0 saturated carbocycles. The highest BCUT2D eigenvalue weighted by Crippen LogP contribution is 2.23. The third-order valence-corrected chi connectivity index (χ3v) is 5.73. The summed E-state index contributed by atoms with van der Waals surface area (Å²) in [7, 11) is 1.58. The van der Waals surface area contributed by atoms with Gasteiger partial charge in [-0.25, -0.2) is 0 Å². The predicted octanol–water partition coefficient (Wildman–Crippen LogP) is 3.54. The molecule has 1 aliphatic rings. The van der Waals surface area contributed by atoms with Crippen LogP contribution in [0.4, 0.5) is 0 Å². The Hall–Kier alpha value is -2.57. The number of aromatic hydroxyl groups is 1. The minimum atomic E-state index is -0.0859. The number of para-hydroxylation sites is 2. The van der Waals surface area contributed by atoms with Gasteiger partial charge in [-0.15, -0.1) is 0 Å². The fraction of sp³-hybridized carbons (Fsp3) is 0.458. The zero-order chi connectivity index (χ0) is 21.5. The molecule has 0 aliphatic carbocycles.